The van der Waals surface area contributed by atoms with E-state index in [9.17, 15) is 0 Å². The molecule has 0 saturated heterocycles. The molecule has 0 unspecified atom stereocenters. The first-order chi connectivity index (χ1) is 6.25. The van der Waals surface area contributed by atoms with Gasteiger partial charge in [-0.15, -0.1) is 0 Å². The van der Waals surface area contributed by atoms with Gasteiger partial charge in [-0.2, -0.15) is 10.5 Å². The number of allylic oxidation sites excluding steroid dienone is 1. The SMILES string of the molecule is Clc1cc(Br)cc(C2=C[N]N=C2)c1. The molecule has 0 spiro atoms. The summed E-state index contributed by atoms with van der Waals surface area (Å²) in [6.45, 7) is 0. The van der Waals surface area contributed by atoms with Gasteiger partial charge in [0.2, 0.25) is 0 Å². The molecule has 4 heteroatoms. The Balaban J connectivity index is 2.45. The van der Waals surface area contributed by atoms with E-state index in [0.29, 0.717) is 5.02 Å². The van der Waals surface area contributed by atoms with Gasteiger partial charge < -0.3 is 0 Å². The molecule has 0 aliphatic carbocycles. The molecule has 0 atom stereocenters. The van der Waals surface area contributed by atoms with E-state index in [1.807, 2.05) is 18.2 Å². The van der Waals surface area contributed by atoms with Crippen molar-refractivity contribution in [3.05, 3.63) is 39.5 Å². The Hall–Kier alpha value is -0.800. The average molecular weight is 257 g/mol. The first-order valence-electron chi connectivity index (χ1n) is 3.65. The van der Waals surface area contributed by atoms with E-state index in [4.69, 9.17) is 11.6 Å². The summed E-state index contributed by atoms with van der Waals surface area (Å²) >= 11 is 9.27. The van der Waals surface area contributed by atoms with Crippen molar-refractivity contribution in [2.24, 2.45) is 5.10 Å². The lowest BCUT2D eigenvalue weighted by Gasteiger charge is -2.00. The zero-order chi connectivity index (χ0) is 9.26. The van der Waals surface area contributed by atoms with Gasteiger partial charge in [0.25, 0.3) is 0 Å². The molecular weight excluding hydrogens is 251 g/mol. The number of benzene rings is 1. The van der Waals surface area contributed by atoms with Crippen LogP contribution in [0, 0.1) is 0 Å². The van der Waals surface area contributed by atoms with E-state index in [1.165, 1.54) is 0 Å². The molecule has 1 aliphatic heterocycles. The minimum absolute atomic E-state index is 0.700. The summed E-state index contributed by atoms with van der Waals surface area (Å²) in [6, 6.07) is 5.70. The van der Waals surface area contributed by atoms with Gasteiger partial charge >= 0.3 is 0 Å². The van der Waals surface area contributed by atoms with E-state index < -0.39 is 0 Å². The van der Waals surface area contributed by atoms with Crippen molar-refractivity contribution in [2.75, 3.05) is 0 Å². The molecular formula is C9H5BrClN2. The van der Waals surface area contributed by atoms with Crippen LogP contribution in [0.4, 0.5) is 0 Å². The van der Waals surface area contributed by atoms with Crippen molar-refractivity contribution in [1.82, 2.24) is 5.43 Å². The quantitative estimate of drug-likeness (QED) is 0.738. The van der Waals surface area contributed by atoms with E-state index in [-0.39, 0.29) is 0 Å². The fraction of sp³-hybridized carbons (Fsp3) is 0. The minimum atomic E-state index is 0.700. The van der Waals surface area contributed by atoms with Crippen LogP contribution in [0.15, 0.2) is 34.0 Å². The maximum absolute atomic E-state index is 5.90. The number of nitrogens with zero attached hydrogens (tertiary/aromatic N) is 2. The topological polar surface area (TPSA) is 26.5 Å². The Bertz CT molecular complexity index is 378. The summed E-state index contributed by atoms with van der Waals surface area (Å²) in [5, 5.41) is 4.45. The molecule has 1 radical (unpaired) electrons. The fourth-order valence-corrected chi connectivity index (χ4v) is 1.95. The molecule has 2 nitrogen and oxygen atoms in total. The van der Waals surface area contributed by atoms with Crippen LogP contribution in [-0.2, 0) is 0 Å². The number of halogens is 2. The first-order valence-corrected chi connectivity index (χ1v) is 4.82. The Labute approximate surface area is 89.4 Å². The third-order valence-corrected chi connectivity index (χ3v) is 2.33. The van der Waals surface area contributed by atoms with Crippen molar-refractivity contribution < 1.29 is 0 Å². The highest BCUT2D eigenvalue weighted by molar-refractivity contribution is 9.10. The molecule has 0 saturated carbocycles. The fourth-order valence-electron chi connectivity index (χ4n) is 1.09. The number of rotatable bonds is 1. The van der Waals surface area contributed by atoms with Crippen LogP contribution in [0.25, 0.3) is 5.57 Å². The van der Waals surface area contributed by atoms with Crippen LogP contribution < -0.4 is 5.43 Å². The summed E-state index contributed by atoms with van der Waals surface area (Å²) in [6.07, 6.45) is 3.41. The Morgan fingerprint density at radius 2 is 2.08 bits per heavy atom. The third-order valence-electron chi connectivity index (χ3n) is 1.66. The van der Waals surface area contributed by atoms with Crippen molar-refractivity contribution in [1.29, 1.82) is 0 Å². The van der Waals surface area contributed by atoms with Crippen LogP contribution >= 0.6 is 27.5 Å². The maximum Gasteiger partial charge on any atom is 0.0590 e. The highest BCUT2D eigenvalue weighted by Crippen LogP contribution is 2.24. The molecule has 0 N–H and O–H groups in total. The van der Waals surface area contributed by atoms with Gasteiger partial charge in [-0.05, 0) is 23.8 Å². The molecule has 0 bridgehead atoms. The Morgan fingerprint density at radius 3 is 2.69 bits per heavy atom. The zero-order valence-electron chi connectivity index (χ0n) is 6.54. The van der Waals surface area contributed by atoms with E-state index in [1.54, 1.807) is 12.4 Å². The van der Waals surface area contributed by atoms with Crippen LogP contribution in [0.5, 0.6) is 0 Å². The normalized spacial score (nSPS) is 14.2. The molecule has 1 aromatic rings. The summed E-state index contributed by atoms with van der Waals surface area (Å²) in [7, 11) is 0. The number of hydrogen-bond acceptors (Lipinski definition) is 1. The summed E-state index contributed by atoms with van der Waals surface area (Å²) < 4.78 is 0.955. The molecule has 65 valence electrons. The van der Waals surface area contributed by atoms with Gasteiger partial charge in [-0.25, -0.2) is 0 Å². The molecule has 2 rings (SSSR count). The second kappa shape index (κ2) is 3.52. The predicted octanol–water partition coefficient (Wildman–Crippen LogP) is 3.05. The monoisotopic (exact) mass is 255 g/mol. The lowest BCUT2D eigenvalue weighted by atomic mass is 10.1. The summed E-state index contributed by atoms with van der Waals surface area (Å²) in [4.78, 5) is 0. The lowest BCUT2D eigenvalue weighted by Crippen LogP contribution is -1.83. The second-order valence-corrected chi connectivity index (χ2v) is 3.95. The van der Waals surface area contributed by atoms with E-state index in [0.717, 1.165) is 15.6 Å². The minimum Gasteiger partial charge on any atom is -0.158 e. The zero-order valence-corrected chi connectivity index (χ0v) is 8.88. The van der Waals surface area contributed by atoms with Crippen LogP contribution in [0.1, 0.15) is 5.56 Å². The van der Waals surface area contributed by atoms with Gasteiger partial charge in [0.15, 0.2) is 0 Å². The molecule has 13 heavy (non-hydrogen) atoms. The second-order valence-electron chi connectivity index (χ2n) is 2.60. The highest BCUT2D eigenvalue weighted by atomic mass is 79.9. The third kappa shape index (κ3) is 1.92. The van der Waals surface area contributed by atoms with Crippen molar-refractivity contribution in [2.45, 2.75) is 0 Å². The first kappa shape index (κ1) is 8.78. The summed E-state index contributed by atoms with van der Waals surface area (Å²) in [5.41, 5.74) is 5.74. The van der Waals surface area contributed by atoms with Crippen LogP contribution in [-0.4, -0.2) is 6.21 Å². The average Bonchev–Trinajstić information content (AvgIpc) is 2.53. The van der Waals surface area contributed by atoms with Gasteiger partial charge in [-0.3, -0.25) is 0 Å². The Kier molecular flexibility index (Phi) is 2.38. The van der Waals surface area contributed by atoms with Crippen LogP contribution in [0.2, 0.25) is 5.02 Å². The van der Waals surface area contributed by atoms with Gasteiger partial charge in [0.1, 0.15) is 0 Å². The molecule has 0 aromatic heterocycles. The highest BCUT2D eigenvalue weighted by Gasteiger charge is 2.05. The van der Waals surface area contributed by atoms with Crippen molar-refractivity contribution in [3.63, 3.8) is 0 Å². The molecule has 1 aliphatic rings. The van der Waals surface area contributed by atoms with Crippen molar-refractivity contribution in [3.8, 4) is 0 Å². The standard InChI is InChI=1S/C9H5BrClN2/c10-8-1-6(2-9(11)3-8)7-4-12-13-5-7/h1-5H. The maximum atomic E-state index is 5.90. The molecule has 0 amide bonds. The van der Waals surface area contributed by atoms with Gasteiger partial charge in [0, 0.05) is 15.1 Å². The molecule has 0 fully saturated rings. The smallest absolute Gasteiger partial charge is 0.0590 e. The Morgan fingerprint density at radius 1 is 1.23 bits per heavy atom. The van der Waals surface area contributed by atoms with Gasteiger partial charge in [0.05, 0.1) is 12.4 Å². The summed E-state index contributed by atoms with van der Waals surface area (Å²) in [5.74, 6) is 0. The van der Waals surface area contributed by atoms with E-state index >= 15 is 0 Å². The predicted molar refractivity (Wildman–Crippen MR) is 57.8 cm³/mol. The molecule has 1 heterocycles. The van der Waals surface area contributed by atoms with Crippen LogP contribution in [0.3, 0.4) is 0 Å². The molecule has 1 aromatic carbocycles. The van der Waals surface area contributed by atoms with Gasteiger partial charge in [-0.1, -0.05) is 27.5 Å². The van der Waals surface area contributed by atoms with E-state index in [2.05, 4.69) is 26.5 Å². The number of hydrogen-bond donors (Lipinski definition) is 0. The lowest BCUT2D eigenvalue weighted by molar-refractivity contribution is 0.977. The largest absolute Gasteiger partial charge is 0.158 e. The van der Waals surface area contributed by atoms with Crippen molar-refractivity contribution >= 4 is 39.3 Å².